The molecule has 0 bridgehead atoms. The highest BCUT2D eigenvalue weighted by Crippen LogP contribution is 2.36. The number of aryl methyl sites for hydroxylation is 3. The van der Waals surface area contributed by atoms with Gasteiger partial charge in [-0.2, -0.15) is 0 Å². The predicted octanol–water partition coefficient (Wildman–Crippen LogP) is 7.18. The van der Waals surface area contributed by atoms with Crippen LogP contribution in [0.1, 0.15) is 66.8 Å². The Labute approximate surface area is 211 Å². The van der Waals surface area contributed by atoms with Crippen molar-refractivity contribution in [1.82, 2.24) is 0 Å². The van der Waals surface area contributed by atoms with Crippen LogP contribution in [0, 0.1) is 13.8 Å². The van der Waals surface area contributed by atoms with Crippen LogP contribution in [0.5, 0.6) is 0 Å². The summed E-state index contributed by atoms with van der Waals surface area (Å²) in [5.74, 6) is 0.630. The number of carbonyl (C=O) groups excluding carboxylic acids is 1. The zero-order valence-electron chi connectivity index (χ0n) is 21.9. The molecule has 1 fully saturated rings. The molecular formula is C32H41N2O+. The summed E-state index contributed by atoms with van der Waals surface area (Å²) in [7, 11) is 0. The highest BCUT2D eigenvalue weighted by Gasteiger charge is 2.45. The third-order valence-electron chi connectivity index (χ3n) is 8.02. The van der Waals surface area contributed by atoms with Crippen LogP contribution in [0.25, 0.3) is 0 Å². The van der Waals surface area contributed by atoms with E-state index < -0.39 is 0 Å². The van der Waals surface area contributed by atoms with Crippen LogP contribution < -0.4 is 5.32 Å². The molecule has 3 heteroatoms. The number of nitrogens with zero attached hydrogens (tertiary/aromatic N) is 1. The van der Waals surface area contributed by atoms with Crippen LogP contribution in [0.4, 0.5) is 5.69 Å². The fraction of sp³-hybridized carbons (Fsp3) is 0.406. The van der Waals surface area contributed by atoms with E-state index in [0.29, 0.717) is 5.92 Å². The topological polar surface area (TPSA) is 29.1 Å². The van der Waals surface area contributed by atoms with Gasteiger partial charge in [-0.05, 0) is 55.4 Å². The molecule has 3 atom stereocenters. The summed E-state index contributed by atoms with van der Waals surface area (Å²) < 4.78 is 0.818. The number of amides is 1. The van der Waals surface area contributed by atoms with Crippen LogP contribution in [-0.4, -0.2) is 29.5 Å². The van der Waals surface area contributed by atoms with Gasteiger partial charge >= 0.3 is 0 Å². The first-order valence-corrected chi connectivity index (χ1v) is 13.3. The molecule has 184 valence electrons. The predicted molar refractivity (Wildman–Crippen MR) is 147 cm³/mol. The normalized spacial score (nSPS) is 20.9. The maximum Gasteiger partial charge on any atom is 0.282 e. The summed E-state index contributed by atoms with van der Waals surface area (Å²) in [6.07, 6.45) is 4.20. The van der Waals surface area contributed by atoms with Crippen molar-refractivity contribution < 1.29 is 9.28 Å². The van der Waals surface area contributed by atoms with E-state index in [1.54, 1.807) is 0 Å². The number of quaternary nitrogens is 1. The molecule has 0 radical (unpaired) electrons. The first-order chi connectivity index (χ1) is 17.0. The Bertz CT molecular complexity index is 1100. The van der Waals surface area contributed by atoms with Crippen LogP contribution in [0.15, 0.2) is 72.8 Å². The molecule has 1 amide bonds. The minimum absolute atomic E-state index is 0.0913. The lowest BCUT2D eigenvalue weighted by atomic mass is 9.86. The third-order valence-corrected chi connectivity index (χ3v) is 8.02. The van der Waals surface area contributed by atoms with Gasteiger partial charge in [0.2, 0.25) is 0 Å². The molecule has 3 unspecified atom stereocenters. The summed E-state index contributed by atoms with van der Waals surface area (Å²) in [6, 6.07) is 26.1. The van der Waals surface area contributed by atoms with Gasteiger partial charge in [0, 0.05) is 23.6 Å². The minimum Gasteiger partial charge on any atom is -0.320 e. The second-order valence-corrected chi connectivity index (χ2v) is 10.4. The van der Waals surface area contributed by atoms with E-state index in [9.17, 15) is 4.79 Å². The van der Waals surface area contributed by atoms with Crippen molar-refractivity contribution in [3.63, 3.8) is 0 Å². The minimum atomic E-state index is -0.0913. The van der Waals surface area contributed by atoms with E-state index in [2.05, 4.69) is 106 Å². The van der Waals surface area contributed by atoms with Crippen molar-refractivity contribution in [3.8, 4) is 0 Å². The summed E-state index contributed by atoms with van der Waals surface area (Å²) in [5, 5.41) is 3.36. The molecule has 0 aliphatic carbocycles. The van der Waals surface area contributed by atoms with Gasteiger partial charge in [0.05, 0.1) is 13.1 Å². The van der Waals surface area contributed by atoms with Gasteiger partial charge in [-0.1, -0.05) is 86.6 Å². The average Bonchev–Trinajstić information content (AvgIpc) is 2.88. The van der Waals surface area contributed by atoms with Crippen molar-refractivity contribution in [2.45, 2.75) is 71.9 Å². The Hall–Kier alpha value is -2.91. The van der Waals surface area contributed by atoms with Gasteiger partial charge in [-0.3, -0.25) is 4.79 Å². The summed E-state index contributed by atoms with van der Waals surface area (Å²) in [6.45, 7) is 11.5. The zero-order valence-corrected chi connectivity index (χ0v) is 21.9. The zero-order chi connectivity index (χ0) is 24.8. The Balaban J connectivity index is 1.69. The molecule has 3 aromatic rings. The molecule has 0 spiro atoms. The van der Waals surface area contributed by atoms with E-state index in [1.165, 1.54) is 23.1 Å². The second kappa shape index (κ2) is 11.2. The summed E-state index contributed by atoms with van der Waals surface area (Å²) in [5.41, 5.74) is 7.31. The Kier molecular flexibility index (Phi) is 8.07. The molecule has 1 aliphatic heterocycles. The molecule has 0 saturated carbocycles. The number of piperidine rings is 1. The van der Waals surface area contributed by atoms with E-state index in [-0.39, 0.29) is 11.9 Å². The lowest BCUT2D eigenvalue weighted by Crippen LogP contribution is -2.62. The summed E-state index contributed by atoms with van der Waals surface area (Å²) >= 11 is 0. The Morgan fingerprint density at radius 2 is 1.57 bits per heavy atom. The SMILES string of the molecule is CCc1ccc(C[N+]2(C(CC)C(=O)Nc3c(C)cccc3C)CCCC(c3ccccc3)C2)cc1. The van der Waals surface area contributed by atoms with Crippen molar-refractivity contribution in [1.29, 1.82) is 0 Å². The molecule has 35 heavy (non-hydrogen) atoms. The monoisotopic (exact) mass is 469 g/mol. The van der Waals surface area contributed by atoms with Gasteiger partial charge in [-0.15, -0.1) is 0 Å². The fourth-order valence-corrected chi connectivity index (χ4v) is 6.09. The smallest absolute Gasteiger partial charge is 0.282 e. The Morgan fingerprint density at radius 1 is 0.914 bits per heavy atom. The number of anilines is 1. The van der Waals surface area contributed by atoms with Gasteiger partial charge in [0.1, 0.15) is 6.54 Å². The van der Waals surface area contributed by atoms with E-state index in [0.717, 1.165) is 60.2 Å². The molecule has 4 rings (SSSR count). The maximum atomic E-state index is 14.0. The molecule has 0 aromatic heterocycles. The molecule has 1 N–H and O–H groups in total. The fourth-order valence-electron chi connectivity index (χ4n) is 6.09. The number of likely N-dealkylation sites (tertiary alicyclic amines) is 1. The van der Waals surface area contributed by atoms with Crippen LogP contribution in [0.3, 0.4) is 0 Å². The van der Waals surface area contributed by atoms with Gasteiger partial charge in [0.25, 0.3) is 5.91 Å². The van der Waals surface area contributed by atoms with Crippen molar-refractivity contribution in [3.05, 3.63) is 101 Å². The van der Waals surface area contributed by atoms with Crippen molar-refractivity contribution in [2.75, 3.05) is 18.4 Å². The molecule has 1 heterocycles. The van der Waals surface area contributed by atoms with Gasteiger partial charge in [-0.25, -0.2) is 0 Å². The number of benzene rings is 3. The molecule has 1 saturated heterocycles. The van der Waals surface area contributed by atoms with Crippen LogP contribution >= 0.6 is 0 Å². The lowest BCUT2D eigenvalue weighted by molar-refractivity contribution is -0.960. The third kappa shape index (κ3) is 5.67. The summed E-state index contributed by atoms with van der Waals surface area (Å²) in [4.78, 5) is 14.0. The Morgan fingerprint density at radius 3 is 2.20 bits per heavy atom. The molecule has 3 aromatic carbocycles. The van der Waals surface area contributed by atoms with Gasteiger partial charge < -0.3 is 9.80 Å². The second-order valence-electron chi connectivity index (χ2n) is 10.4. The first kappa shape index (κ1) is 25.2. The number of rotatable bonds is 8. The number of hydrogen-bond donors (Lipinski definition) is 1. The lowest BCUT2D eigenvalue weighted by Gasteiger charge is -2.49. The number of nitrogens with one attached hydrogen (secondary N) is 1. The first-order valence-electron chi connectivity index (χ1n) is 13.3. The quantitative estimate of drug-likeness (QED) is 0.348. The van der Waals surface area contributed by atoms with Crippen LogP contribution in [0.2, 0.25) is 0 Å². The number of hydrogen-bond acceptors (Lipinski definition) is 1. The highest BCUT2D eigenvalue weighted by atomic mass is 16.2. The van der Waals surface area contributed by atoms with Crippen LogP contribution in [-0.2, 0) is 17.8 Å². The number of para-hydroxylation sites is 1. The van der Waals surface area contributed by atoms with E-state index >= 15 is 0 Å². The van der Waals surface area contributed by atoms with E-state index in [1.807, 2.05) is 0 Å². The standard InChI is InChI=1S/C32H40N2O/c1-5-26-17-19-27(20-18-26)22-34(21-11-16-29(23-34)28-14-8-7-9-15-28)30(6-2)32(35)33-31-24(3)12-10-13-25(31)4/h7-10,12-15,17-20,29-30H,5-6,11,16,21-23H2,1-4H3/p+1. The van der Waals surface area contributed by atoms with Gasteiger partial charge in [0.15, 0.2) is 6.04 Å². The molecule has 3 nitrogen and oxygen atoms in total. The molecular weight excluding hydrogens is 428 g/mol. The largest absolute Gasteiger partial charge is 0.320 e. The highest BCUT2D eigenvalue weighted by molar-refractivity contribution is 5.95. The van der Waals surface area contributed by atoms with E-state index in [4.69, 9.17) is 0 Å². The van der Waals surface area contributed by atoms with Crippen molar-refractivity contribution in [2.24, 2.45) is 0 Å². The van der Waals surface area contributed by atoms with Crippen molar-refractivity contribution >= 4 is 11.6 Å². The molecule has 1 aliphatic rings. The average molecular weight is 470 g/mol. The maximum absolute atomic E-state index is 14.0. The number of carbonyl (C=O) groups is 1.